The van der Waals surface area contributed by atoms with Crippen LogP contribution in [0.1, 0.15) is 25.2 Å². The maximum atomic E-state index is 4.32. The van der Waals surface area contributed by atoms with Gasteiger partial charge in [0, 0.05) is 11.6 Å². The Bertz CT molecular complexity index is 358. The highest BCUT2D eigenvalue weighted by Crippen LogP contribution is 2.13. The zero-order valence-corrected chi connectivity index (χ0v) is 9.64. The van der Waals surface area contributed by atoms with Gasteiger partial charge >= 0.3 is 0 Å². The zero-order chi connectivity index (χ0) is 9.84. The Labute approximate surface area is 87.7 Å². The second-order valence-electron chi connectivity index (χ2n) is 3.21. The van der Waals surface area contributed by atoms with Crippen molar-refractivity contribution in [3.63, 3.8) is 0 Å². The van der Waals surface area contributed by atoms with Crippen LogP contribution in [0.5, 0.6) is 0 Å². The molecule has 0 amide bonds. The second kappa shape index (κ2) is 4.43. The molecule has 1 rings (SSSR count). The Morgan fingerprint density at radius 1 is 1.38 bits per heavy atom. The van der Waals surface area contributed by atoms with Crippen molar-refractivity contribution in [2.45, 2.75) is 20.8 Å². The SMILES string of the molecule is Cc1ccc(Br)c(C#CC(C)C)n1. The lowest BCUT2D eigenvalue weighted by molar-refractivity contribution is 0.866. The molecule has 0 fully saturated rings. The molecule has 0 aliphatic heterocycles. The summed E-state index contributed by atoms with van der Waals surface area (Å²) < 4.78 is 0.964. The van der Waals surface area contributed by atoms with Crippen LogP contribution < -0.4 is 0 Å². The highest BCUT2D eigenvalue weighted by Gasteiger charge is 1.97. The molecule has 0 bridgehead atoms. The first kappa shape index (κ1) is 10.3. The minimum atomic E-state index is 0.384. The molecule has 0 radical (unpaired) electrons. The Morgan fingerprint density at radius 3 is 2.69 bits per heavy atom. The van der Waals surface area contributed by atoms with E-state index in [2.05, 4.69) is 46.6 Å². The summed E-state index contributed by atoms with van der Waals surface area (Å²) >= 11 is 3.42. The van der Waals surface area contributed by atoms with Crippen molar-refractivity contribution in [1.82, 2.24) is 4.98 Å². The van der Waals surface area contributed by atoms with Crippen molar-refractivity contribution in [2.75, 3.05) is 0 Å². The quantitative estimate of drug-likeness (QED) is 0.632. The average Bonchev–Trinajstić information content (AvgIpc) is 2.06. The average molecular weight is 238 g/mol. The van der Waals surface area contributed by atoms with E-state index in [9.17, 15) is 0 Å². The van der Waals surface area contributed by atoms with E-state index in [1.807, 2.05) is 19.1 Å². The largest absolute Gasteiger partial charge is 0.243 e. The summed E-state index contributed by atoms with van der Waals surface area (Å²) in [6.07, 6.45) is 0. The number of pyridine rings is 1. The van der Waals surface area contributed by atoms with Crippen LogP contribution in [0.25, 0.3) is 0 Å². The van der Waals surface area contributed by atoms with E-state index in [4.69, 9.17) is 0 Å². The first-order valence-electron chi connectivity index (χ1n) is 4.24. The number of nitrogens with zero attached hydrogens (tertiary/aromatic N) is 1. The summed E-state index contributed by atoms with van der Waals surface area (Å²) in [6, 6.07) is 3.94. The molecule has 1 nitrogen and oxygen atoms in total. The fourth-order valence-corrected chi connectivity index (χ4v) is 1.16. The third-order valence-corrected chi connectivity index (χ3v) is 2.10. The van der Waals surface area contributed by atoms with Crippen molar-refractivity contribution >= 4 is 15.9 Å². The lowest BCUT2D eigenvalue weighted by atomic mass is 10.2. The molecule has 0 aliphatic carbocycles. The van der Waals surface area contributed by atoms with Gasteiger partial charge in [0.25, 0.3) is 0 Å². The molecule has 0 aliphatic rings. The van der Waals surface area contributed by atoms with Crippen LogP contribution in [0.3, 0.4) is 0 Å². The number of rotatable bonds is 0. The van der Waals surface area contributed by atoms with Crippen molar-refractivity contribution < 1.29 is 0 Å². The molecule has 1 heterocycles. The molecular formula is C11H12BrN. The molecule has 0 spiro atoms. The van der Waals surface area contributed by atoms with Crippen molar-refractivity contribution in [2.24, 2.45) is 5.92 Å². The molecular weight excluding hydrogens is 226 g/mol. The zero-order valence-electron chi connectivity index (χ0n) is 8.06. The molecule has 2 heteroatoms. The van der Waals surface area contributed by atoms with Gasteiger partial charge in [0.1, 0.15) is 5.69 Å². The summed E-state index contributed by atoms with van der Waals surface area (Å²) in [7, 11) is 0. The molecule has 0 N–H and O–H groups in total. The first-order chi connectivity index (χ1) is 6.09. The maximum Gasteiger partial charge on any atom is 0.127 e. The molecule has 68 valence electrons. The fourth-order valence-electron chi connectivity index (χ4n) is 0.840. The molecule has 0 aromatic carbocycles. The topological polar surface area (TPSA) is 12.9 Å². The van der Waals surface area contributed by atoms with Crippen LogP contribution in [0, 0.1) is 24.7 Å². The Morgan fingerprint density at radius 2 is 2.08 bits per heavy atom. The minimum Gasteiger partial charge on any atom is -0.243 e. The maximum absolute atomic E-state index is 4.32. The number of halogens is 1. The summed E-state index contributed by atoms with van der Waals surface area (Å²) in [5.41, 5.74) is 1.82. The molecule has 13 heavy (non-hydrogen) atoms. The van der Waals surface area contributed by atoms with Gasteiger partial charge in [-0.3, -0.25) is 0 Å². The highest BCUT2D eigenvalue weighted by molar-refractivity contribution is 9.10. The third kappa shape index (κ3) is 3.20. The van der Waals surface area contributed by atoms with Gasteiger partial charge in [-0.15, -0.1) is 0 Å². The molecule has 1 aromatic heterocycles. The smallest absolute Gasteiger partial charge is 0.127 e. The Hall–Kier alpha value is -0.810. The van der Waals surface area contributed by atoms with Gasteiger partial charge in [-0.25, -0.2) is 4.98 Å². The number of hydrogen-bond donors (Lipinski definition) is 0. The van der Waals surface area contributed by atoms with Crippen LogP contribution in [-0.4, -0.2) is 4.98 Å². The Kier molecular flexibility index (Phi) is 3.50. The van der Waals surface area contributed by atoms with E-state index in [-0.39, 0.29) is 0 Å². The summed E-state index contributed by atoms with van der Waals surface area (Å²) in [4.78, 5) is 4.32. The van der Waals surface area contributed by atoms with Crippen molar-refractivity contribution in [3.8, 4) is 11.8 Å². The minimum absolute atomic E-state index is 0.384. The van der Waals surface area contributed by atoms with Crippen LogP contribution >= 0.6 is 15.9 Å². The van der Waals surface area contributed by atoms with E-state index in [0.717, 1.165) is 15.9 Å². The van der Waals surface area contributed by atoms with E-state index >= 15 is 0 Å². The number of aromatic nitrogens is 1. The summed E-state index contributed by atoms with van der Waals surface area (Å²) in [5, 5.41) is 0. The number of hydrogen-bond acceptors (Lipinski definition) is 1. The van der Waals surface area contributed by atoms with Gasteiger partial charge in [-0.1, -0.05) is 19.8 Å². The molecule has 0 saturated carbocycles. The van der Waals surface area contributed by atoms with Crippen molar-refractivity contribution in [3.05, 3.63) is 28.0 Å². The van der Waals surface area contributed by atoms with Gasteiger partial charge in [-0.2, -0.15) is 0 Å². The molecule has 0 saturated heterocycles. The van der Waals surface area contributed by atoms with Crippen molar-refractivity contribution in [1.29, 1.82) is 0 Å². The standard InChI is InChI=1S/C11H12BrN/c1-8(2)4-7-11-10(12)6-5-9(3)13-11/h5-6,8H,1-3H3. The van der Waals surface area contributed by atoms with Crippen LogP contribution in [0.4, 0.5) is 0 Å². The van der Waals surface area contributed by atoms with Gasteiger partial charge in [0.05, 0.1) is 4.47 Å². The van der Waals surface area contributed by atoms with Gasteiger partial charge < -0.3 is 0 Å². The molecule has 1 aromatic rings. The summed E-state index contributed by atoms with van der Waals surface area (Å²) in [6.45, 7) is 6.10. The lowest BCUT2D eigenvalue weighted by Crippen LogP contribution is -1.88. The third-order valence-electron chi connectivity index (χ3n) is 1.46. The molecule has 0 unspecified atom stereocenters. The van der Waals surface area contributed by atoms with Crippen LogP contribution in [0.15, 0.2) is 16.6 Å². The van der Waals surface area contributed by atoms with E-state index < -0.39 is 0 Å². The van der Waals surface area contributed by atoms with Crippen LogP contribution in [0.2, 0.25) is 0 Å². The second-order valence-corrected chi connectivity index (χ2v) is 4.06. The highest BCUT2D eigenvalue weighted by atomic mass is 79.9. The Balaban J connectivity index is 3.02. The van der Waals surface area contributed by atoms with E-state index in [0.29, 0.717) is 5.92 Å². The predicted molar refractivity (Wildman–Crippen MR) is 58.4 cm³/mol. The predicted octanol–water partition coefficient (Wildman–Crippen LogP) is 3.16. The molecule has 0 atom stereocenters. The van der Waals surface area contributed by atoms with Gasteiger partial charge in [-0.05, 0) is 40.9 Å². The lowest BCUT2D eigenvalue weighted by Gasteiger charge is -1.96. The first-order valence-corrected chi connectivity index (χ1v) is 5.03. The monoisotopic (exact) mass is 237 g/mol. The number of aryl methyl sites for hydroxylation is 1. The van der Waals surface area contributed by atoms with Crippen LogP contribution in [-0.2, 0) is 0 Å². The van der Waals surface area contributed by atoms with E-state index in [1.165, 1.54) is 0 Å². The van der Waals surface area contributed by atoms with Gasteiger partial charge in [0.2, 0.25) is 0 Å². The van der Waals surface area contributed by atoms with E-state index in [1.54, 1.807) is 0 Å². The summed E-state index contributed by atoms with van der Waals surface area (Å²) in [5.74, 6) is 6.52. The van der Waals surface area contributed by atoms with Gasteiger partial charge in [0.15, 0.2) is 0 Å². The fraction of sp³-hybridized carbons (Fsp3) is 0.364. The normalized spacial score (nSPS) is 9.62.